The molecule has 0 saturated heterocycles. The maximum Gasteiger partial charge on any atom is 1.00 e. The first-order chi connectivity index (χ1) is 15.3. The molecule has 0 atom stereocenters. The van der Waals surface area contributed by atoms with E-state index in [1.807, 2.05) is 0 Å². The summed E-state index contributed by atoms with van der Waals surface area (Å²) < 4.78 is 73.3. The Balaban J connectivity index is -0.00000102. The van der Waals surface area contributed by atoms with Crippen molar-refractivity contribution in [3.63, 3.8) is 0 Å². The third kappa shape index (κ3) is 13.2. The number of carbonyl (C=O) groups excluding carboxylic acids is 1. The van der Waals surface area contributed by atoms with Gasteiger partial charge in [0.25, 0.3) is 20.8 Å². The van der Waals surface area contributed by atoms with Crippen LogP contribution in [0.5, 0.6) is 11.5 Å². The maximum absolute atomic E-state index is 11.8. The van der Waals surface area contributed by atoms with Gasteiger partial charge >= 0.3 is 154 Å². The molecule has 0 radical (unpaired) electrons. The van der Waals surface area contributed by atoms with Gasteiger partial charge in [0.05, 0.1) is 5.97 Å². The minimum atomic E-state index is -5.05. The van der Waals surface area contributed by atoms with Gasteiger partial charge in [-0.2, -0.15) is 0 Å². The molecule has 0 unspecified atom stereocenters. The number of carboxylic acid groups (broad SMARTS) is 1. The Morgan fingerprint density at radius 2 is 1.00 bits per heavy atom. The van der Waals surface area contributed by atoms with Crippen LogP contribution in [0.25, 0.3) is 0 Å². The largest absolute Gasteiger partial charge is 1.00 e. The van der Waals surface area contributed by atoms with Crippen molar-refractivity contribution in [1.29, 1.82) is 0 Å². The van der Waals surface area contributed by atoms with Crippen molar-refractivity contribution < 1.29 is 220 Å². The summed E-state index contributed by atoms with van der Waals surface area (Å²) in [5, 5.41) is 23.5. The monoisotopic (exact) mass is 664 g/mol. The molecule has 19 heteroatoms. The van der Waals surface area contributed by atoms with Crippen LogP contribution < -0.4 is 168 Å². The molecular formula is C20H19K3O14S2. The minimum Gasteiger partial charge on any atom is -0.716 e. The first kappa shape index (κ1) is 47.2. The molecule has 39 heavy (non-hydrogen) atoms. The van der Waals surface area contributed by atoms with Crippen LogP contribution in [0.15, 0.2) is 72.8 Å². The van der Waals surface area contributed by atoms with Gasteiger partial charge in [-0.05, 0) is 35.4 Å². The van der Waals surface area contributed by atoms with E-state index in [1.165, 1.54) is 48.5 Å². The fourth-order valence-corrected chi connectivity index (χ4v) is 3.89. The van der Waals surface area contributed by atoms with Crippen molar-refractivity contribution in [2.45, 2.75) is 5.60 Å². The fourth-order valence-electron chi connectivity index (χ4n) is 3.19. The molecule has 14 nitrogen and oxygen atoms in total. The molecule has 0 saturated carbocycles. The summed E-state index contributed by atoms with van der Waals surface area (Å²) in [5.41, 5.74) is -2.65. The summed E-state index contributed by atoms with van der Waals surface area (Å²) in [6.45, 7) is 0. The fraction of sp³-hybridized carbons (Fsp3) is 0.0500. The quantitative estimate of drug-likeness (QED) is 0.102. The van der Waals surface area contributed by atoms with E-state index in [9.17, 15) is 40.9 Å². The second-order valence-corrected chi connectivity index (χ2v) is 8.54. The van der Waals surface area contributed by atoms with Crippen LogP contribution in [0, 0.1) is 0 Å². The van der Waals surface area contributed by atoms with Crippen molar-refractivity contribution in [2.24, 2.45) is 0 Å². The van der Waals surface area contributed by atoms with E-state index in [0.717, 1.165) is 24.3 Å². The summed E-state index contributed by atoms with van der Waals surface area (Å²) in [4.78, 5) is 11.7. The third-order valence-electron chi connectivity index (χ3n) is 4.48. The van der Waals surface area contributed by atoms with E-state index >= 15 is 0 Å². The summed E-state index contributed by atoms with van der Waals surface area (Å²) in [6, 6.07) is 14.4. The van der Waals surface area contributed by atoms with Gasteiger partial charge in [-0.15, -0.1) is 0 Å². The molecular weight excluding hydrogens is 646 g/mol. The zero-order valence-electron chi connectivity index (χ0n) is 20.8. The number of aliphatic hydroxyl groups is 1. The van der Waals surface area contributed by atoms with Gasteiger partial charge in [0, 0.05) is 11.1 Å². The third-order valence-corrected chi connectivity index (χ3v) is 5.27. The molecule has 0 fully saturated rings. The van der Waals surface area contributed by atoms with Gasteiger partial charge in [-0.3, -0.25) is 0 Å². The normalized spacial score (nSPS) is 10.3. The standard InChI is InChI=1S/C20H16O11S2.3K.3H2O/c21-19(22)17-3-1-2-4-18(17)20(23,13-5-9-15(10-6-13)30-32(24,25)26)14-7-11-16(12-8-14)31-33(27,28)29;;;;;;/h1-12,23H,(H,21,22)(H,24,25,26)(H,27,28,29);;;;3*1H2/q;3*+1;;;/p-3. The molecule has 3 aromatic carbocycles. The van der Waals surface area contributed by atoms with Gasteiger partial charge in [-0.25, -0.2) is 16.8 Å². The first-order valence-electron chi connectivity index (χ1n) is 8.84. The van der Waals surface area contributed by atoms with Gasteiger partial charge in [0.15, 0.2) is 0 Å². The smallest absolute Gasteiger partial charge is 0.716 e. The molecule has 7 N–H and O–H groups in total. The zero-order chi connectivity index (χ0) is 24.4. The van der Waals surface area contributed by atoms with Crippen molar-refractivity contribution >= 4 is 26.8 Å². The van der Waals surface area contributed by atoms with Gasteiger partial charge < -0.3 is 48.9 Å². The van der Waals surface area contributed by atoms with Crippen molar-refractivity contribution in [2.75, 3.05) is 0 Å². The second kappa shape index (κ2) is 19.6. The van der Waals surface area contributed by atoms with Gasteiger partial charge in [-0.1, -0.05) is 48.5 Å². The van der Waals surface area contributed by atoms with E-state index < -0.39 is 32.4 Å². The van der Waals surface area contributed by atoms with Crippen LogP contribution >= 0.6 is 0 Å². The van der Waals surface area contributed by atoms with Crippen LogP contribution in [0.4, 0.5) is 0 Å². The molecule has 0 bridgehead atoms. The number of carbonyl (C=O) groups is 1. The van der Waals surface area contributed by atoms with Crippen molar-refractivity contribution in [3.05, 3.63) is 95.1 Å². The molecule has 0 aliphatic rings. The first-order valence-corrected chi connectivity index (χ1v) is 11.5. The number of aromatic carboxylic acids is 1. The van der Waals surface area contributed by atoms with E-state index in [4.69, 9.17) is 0 Å². The Bertz CT molecular complexity index is 1320. The number of carboxylic acids is 1. The topological polar surface area (TPSA) is 288 Å². The predicted octanol–water partition coefficient (Wildman–Crippen LogP) is -11.4. The summed E-state index contributed by atoms with van der Waals surface area (Å²) in [5.74, 6) is -2.30. The number of hydrogen-bond acceptors (Lipinski definition) is 11. The number of rotatable bonds is 8. The average molecular weight is 665 g/mol. The Kier molecular flexibility index (Phi) is 23.7. The van der Waals surface area contributed by atoms with Crippen LogP contribution in [0.1, 0.15) is 27.0 Å². The average Bonchev–Trinajstić information content (AvgIpc) is 2.72. The van der Waals surface area contributed by atoms with Gasteiger partial charge in [0.1, 0.15) is 17.1 Å². The molecule has 198 valence electrons. The van der Waals surface area contributed by atoms with E-state index in [0.29, 0.717) is 0 Å². The summed E-state index contributed by atoms with van der Waals surface area (Å²) >= 11 is 0. The molecule has 0 aliphatic carbocycles. The summed E-state index contributed by atoms with van der Waals surface area (Å²) in [6.07, 6.45) is 0. The van der Waals surface area contributed by atoms with Crippen molar-refractivity contribution in [1.82, 2.24) is 0 Å². The maximum atomic E-state index is 11.8. The van der Waals surface area contributed by atoms with E-state index in [1.54, 1.807) is 0 Å². The van der Waals surface area contributed by atoms with Gasteiger partial charge in [0.2, 0.25) is 0 Å². The Hall–Kier alpha value is 1.30. The SMILES string of the molecule is O.O.O.O=C([O-])c1ccccc1C(O)(c1ccc(OS(=O)(=O)[O-])cc1)c1ccc(OS(=O)(=O)[O-])cc1.[K+].[K+].[K+]. The Morgan fingerprint density at radius 1 is 0.667 bits per heavy atom. The molecule has 3 rings (SSSR count). The summed E-state index contributed by atoms with van der Waals surface area (Å²) in [7, 11) is -10.1. The van der Waals surface area contributed by atoms with Crippen molar-refractivity contribution in [3.8, 4) is 11.5 Å². The number of hydrogen-bond donors (Lipinski definition) is 1. The second-order valence-electron chi connectivity index (χ2n) is 6.58. The predicted molar refractivity (Wildman–Crippen MR) is 117 cm³/mol. The Labute approximate surface area is 351 Å². The molecule has 3 aromatic rings. The Morgan fingerprint density at radius 3 is 1.31 bits per heavy atom. The van der Waals surface area contributed by atoms with Crippen LogP contribution in [0.3, 0.4) is 0 Å². The molecule has 0 aromatic heterocycles. The molecule has 0 heterocycles. The van der Waals surface area contributed by atoms with Crippen LogP contribution in [0.2, 0.25) is 0 Å². The van der Waals surface area contributed by atoms with Crippen LogP contribution in [-0.2, 0) is 26.4 Å². The molecule has 0 amide bonds. The molecule has 0 spiro atoms. The van der Waals surface area contributed by atoms with E-state index in [-0.39, 0.29) is 204 Å². The molecule has 0 aliphatic heterocycles. The van der Waals surface area contributed by atoms with Crippen LogP contribution in [-0.4, -0.2) is 53.4 Å². The minimum absolute atomic E-state index is 0. The van der Waals surface area contributed by atoms with E-state index in [2.05, 4.69) is 8.37 Å². The zero-order valence-corrected chi connectivity index (χ0v) is 31.8. The number of benzene rings is 3.